The molecular formula is C41H42N8O6S. The number of aromatic nitrogens is 4. The number of hydrogen-bond acceptors (Lipinski definition) is 8. The normalized spacial score (nSPS) is 19.9. The second-order valence-electron chi connectivity index (χ2n) is 14.1. The first-order valence-electron chi connectivity index (χ1n) is 18.7. The zero-order chi connectivity index (χ0) is 38.8. The number of H-pyrrole nitrogens is 2. The molecule has 288 valence electrons. The van der Waals surface area contributed by atoms with Gasteiger partial charge in [-0.05, 0) is 47.9 Å². The van der Waals surface area contributed by atoms with Crippen molar-refractivity contribution in [3.05, 3.63) is 108 Å². The molecule has 3 saturated heterocycles. The lowest BCUT2D eigenvalue weighted by Gasteiger charge is -2.29. The highest BCUT2D eigenvalue weighted by atomic mass is 32.2. The molecule has 3 aliphatic heterocycles. The predicted molar refractivity (Wildman–Crippen MR) is 210 cm³/mol. The fourth-order valence-corrected chi connectivity index (χ4v) is 9.05. The average Bonchev–Trinajstić information content (AvgIpc) is 4.09. The van der Waals surface area contributed by atoms with Gasteiger partial charge in [0.15, 0.2) is 0 Å². The first-order chi connectivity index (χ1) is 27.3. The van der Waals surface area contributed by atoms with E-state index in [2.05, 4.69) is 44.5 Å². The molecule has 5 heterocycles. The number of carbonyl (C=O) groups excluding carboxylic acids is 3. The number of hydrogen-bond donors (Lipinski definition) is 4. The number of methoxy groups -OCH3 is 1. The minimum absolute atomic E-state index is 0.156. The third-order valence-electron chi connectivity index (χ3n) is 10.8. The Morgan fingerprint density at radius 1 is 0.839 bits per heavy atom. The zero-order valence-electron chi connectivity index (χ0n) is 30.8. The van der Waals surface area contributed by atoms with Gasteiger partial charge in [0.25, 0.3) is 5.91 Å². The number of thioether (sulfide) groups is 1. The Kier molecular flexibility index (Phi) is 10.5. The summed E-state index contributed by atoms with van der Waals surface area (Å²) in [5, 5.41) is 12.3. The Morgan fingerprint density at radius 3 is 2.16 bits per heavy atom. The average molecular weight is 775 g/mol. The van der Waals surface area contributed by atoms with E-state index < -0.39 is 24.3 Å². The molecule has 14 nitrogen and oxygen atoms in total. The number of alkyl carbamates (subject to hydrolysis) is 1. The summed E-state index contributed by atoms with van der Waals surface area (Å²) in [6.45, 7) is 1.13. The number of carbonyl (C=O) groups is 4. The van der Waals surface area contributed by atoms with Crippen molar-refractivity contribution in [1.29, 1.82) is 0 Å². The highest BCUT2D eigenvalue weighted by Gasteiger charge is 2.42. The molecule has 4 amide bonds. The van der Waals surface area contributed by atoms with Crippen LogP contribution in [0.1, 0.15) is 61.0 Å². The van der Waals surface area contributed by atoms with Gasteiger partial charge in [0.2, 0.25) is 5.91 Å². The monoisotopic (exact) mass is 774 g/mol. The van der Waals surface area contributed by atoms with E-state index in [0.29, 0.717) is 41.9 Å². The van der Waals surface area contributed by atoms with Crippen LogP contribution in [0.4, 0.5) is 9.59 Å². The second kappa shape index (κ2) is 15.9. The number of carboxylic acid groups (broad SMARTS) is 1. The smallest absolute Gasteiger partial charge is 0.408 e. The van der Waals surface area contributed by atoms with E-state index in [-0.39, 0.29) is 23.9 Å². The molecule has 3 fully saturated rings. The highest BCUT2D eigenvalue weighted by Crippen LogP contribution is 2.36. The number of ether oxygens (including phenoxy) is 1. The van der Waals surface area contributed by atoms with Gasteiger partial charge in [0.1, 0.15) is 23.7 Å². The van der Waals surface area contributed by atoms with Crippen LogP contribution < -0.4 is 5.32 Å². The Morgan fingerprint density at radius 2 is 1.48 bits per heavy atom. The number of rotatable bonds is 9. The molecule has 8 rings (SSSR count). The lowest BCUT2D eigenvalue weighted by atomic mass is 10.0. The van der Waals surface area contributed by atoms with Crippen molar-refractivity contribution in [3.63, 3.8) is 0 Å². The van der Waals surface area contributed by atoms with E-state index in [4.69, 9.17) is 9.72 Å². The summed E-state index contributed by atoms with van der Waals surface area (Å²) in [5.74, 6) is 1.81. The third kappa shape index (κ3) is 7.33. The molecule has 0 unspecified atom stereocenters. The van der Waals surface area contributed by atoms with Gasteiger partial charge in [-0.25, -0.2) is 19.6 Å². The molecule has 3 aliphatic rings. The first-order valence-corrected chi connectivity index (χ1v) is 19.8. The fraction of sp³-hybridized carbons (Fsp3) is 0.317. The number of aromatic amines is 2. The van der Waals surface area contributed by atoms with Gasteiger partial charge >= 0.3 is 12.2 Å². The summed E-state index contributed by atoms with van der Waals surface area (Å²) in [6, 6.07) is 23.5. The van der Waals surface area contributed by atoms with E-state index in [1.54, 1.807) is 16.0 Å². The standard InChI is InChI=1S/C41H42N8O6S/c1-55-40(52)46-35(29-7-3-2-4-8-29)39(51)48-20-6-10-33(48)37-43-22-31(45-37)28-17-13-26(14-18-28)25-11-15-27(16-12-25)30-21-42-36(44-30)32-9-5-19-47(32)38(50)34-23-56-24-49(34)41(53)54/h2-4,7-8,11-18,21-22,32-35H,5-6,9-10,19-20,23-24H2,1H3,(H,42,44)(H,43,45)(H,46,52)(H,53,54)/t32-,33-,34-,35+/m0/s1. The Hall–Kier alpha value is -6.09. The lowest BCUT2D eigenvalue weighted by Crippen LogP contribution is -2.48. The molecule has 2 aromatic heterocycles. The van der Waals surface area contributed by atoms with Gasteiger partial charge in [-0.1, -0.05) is 78.9 Å². The number of amides is 4. The summed E-state index contributed by atoms with van der Waals surface area (Å²) in [6.07, 6.45) is 5.08. The zero-order valence-corrected chi connectivity index (χ0v) is 31.6. The van der Waals surface area contributed by atoms with Crippen LogP contribution in [0.5, 0.6) is 0 Å². The molecule has 5 aromatic rings. The summed E-state index contributed by atoms with van der Waals surface area (Å²) < 4.78 is 4.82. The minimum atomic E-state index is -1.07. The molecular weight excluding hydrogens is 733 g/mol. The number of nitrogens with zero attached hydrogens (tertiary/aromatic N) is 5. The van der Waals surface area contributed by atoms with Crippen LogP contribution in [0.2, 0.25) is 0 Å². The van der Waals surface area contributed by atoms with Gasteiger partial charge in [0, 0.05) is 30.6 Å². The fourth-order valence-electron chi connectivity index (χ4n) is 7.92. The van der Waals surface area contributed by atoms with Crippen molar-refractivity contribution in [2.24, 2.45) is 0 Å². The molecule has 15 heteroatoms. The summed E-state index contributed by atoms with van der Waals surface area (Å²) in [5.41, 5.74) is 6.27. The van der Waals surface area contributed by atoms with Crippen molar-refractivity contribution in [2.45, 2.75) is 49.9 Å². The maximum atomic E-state index is 13.9. The van der Waals surface area contributed by atoms with Crippen LogP contribution >= 0.6 is 11.8 Å². The van der Waals surface area contributed by atoms with Crippen LogP contribution in [0.15, 0.2) is 91.3 Å². The van der Waals surface area contributed by atoms with Crippen molar-refractivity contribution < 1.29 is 29.0 Å². The Bertz CT molecular complexity index is 2210. The highest BCUT2D eigenvalue weighted by molar-refractivity contribution is 7.99. The lowest BCUT2D eigenvalue weighted by molar-refractivity contribution is -0.136. The molecule has 0 spiro atoms. The van der Waals surface area contributed by atoms with Crippen LogP contribution in [0.25, 0.3) is 33.6 Å². The number of imidazole rings is 2. The Labute approximate surface area is 327 Å². The quantitative estimate of drug-likeness (QED) is 0.128. The van der Waals surface area contributed by atoms with E-state index in [1.807, 2.05) is 60.8 Å². The molecule has 0 bridgehead atoms. The van der Waals surface area contributed by atoms with Crippen LogP contribution in [-0.2, 0) is 14.3 Å². The number of nitrogens with one attached hydrogen (secondary N) is 3. The van der Waals surface area contributed by atoms with Gasteiger partial charge < -0.3 is 34.9 Å². The van der Waals surface area contributed by atoms with E-state index in [1.165, 1.54) is 23.8 Å². The summed E-state index contributed by atoms with van der Waals surface area (Å²) >= 11 is 1.46. The van der Waals surface area contributed by atoms with Gasteiger partial charge in [-0.15, -0.1) is 11.8 Å². The first kappa shape index (κ1) is 36.9. The van der Waals surface area contributed by atoms with E-state index in [9.17, 15) is 24.3 Å². The molecule has 56 heavy (non-hydrogen) atoms. The number of benzene rings is 3. The summed E-state index contributed by atoms with van der Waals surface area (Å²) in [4.78, 5) is 72.2. The third-order valence-corrected chi connectivity index (χ3v) is 11.9. The van der Waals surface area contributed by atoms with Gasteiger partial charge in [-0.2, -0.15) is 0 Å². The minimum Gasteiger partial charge on any atom is -0.465 e. The maximum absolute atomic E-state index is 13.9. The molecule has 0 aliphatic carbocycles. The van der Waals surface area contributed by atoms with Crippen molar-refractivity contribution in [2.75, 3.05) is 31.8 Å². The Balaban J connectivity index is 0.924. The van der Waals surface area contributed by atoms with Gasteiger partial charge in [-0.3, -0.25) is 14.5 Å². The molecule has 4 atom stereocenters. The van der Waals surface area contributed by atoms with Crippen molar-refractivity contribution in [3.8, 4) is 33.6 Å². The molecule has 4 N–H and O–H groups in total. The van der Waals surface area contributed by atoms with Crippen molar-refractivity contribution in [1.82, 2.24) is 40.0 Å². The SMILES string of the molecule is COC(=O)N[C@@H](C(=O)N1CCC[C@H]1c1nc(-c2ccc(-c3ccc(-c4cnc([C@@H]5CCCN5C(=O)[C@@H]5CSCN5C(=O)O)[nH]4)cc3)cc2)c[nH]1)c1ccccc1. The van der Waals surface area contributed by atoms with Gasteiger partial charge in [0.05, 0.1) is 42.7 Å². The van der Waals surface area contributed by atoms with E-state index >= 15 is 0 Å². The summed E-state index contributed by atoms with van der Waals surface area (Å²) in [7, 11) is 1.28. The maximum Gasteiger partial charge on any atom is 0.408 e. The van der Waals surface area contributed by atoms with Crippen molar-refractivity contribution >= 4 is 35.8 Å². The second-order valence-corrected chi connectivity index (χ2v) is 15.1. The van der Waals surface area contributed by atoms with Crippen LogP contribution in [0.3, 0.4) is 0 Å². The van der Waals surface area contributed by atoms with E-state index in [0.717, 1.165) is 59.3 Å². The van der Waals surface area contributed by atoms with Crippen LogP contribution in [0, 0.1) is 0 Å². The molecule has 0 saturated carbocycles. The molecule has 3 aromatic carbocycles. The predicted octanol–water partition coefficient (Wildman–Crippen LogP) is 6.61. The largest absolute Gasteiger partial charge is 0.465 e. The topological polar surface area (TPSA) is 177 Å². The molecule has 0 radical (unpaired) electrons. The van der Waals surface area contributed by atoms with Crippen LogP contribution in [-0.4, -0.2) is 102 Å². The number of likely N-dealkylation sites (tertiary alicyclic amines) is 2.